The number of carbonyl (C=O) groups excluding carboxylic acids is 1. The molecule has 0 atom stereocenters. The summed E-state index contributed by atoms with van der Waals surface area (Å²) in [4.78, 5) is 11.8. The van der Waals surface area contributed by atoms with Gasteiger partial charge in [0.2, 0.25) is 0 Å². The summed E-state index contributed by atoms with van der Waals surface area (Å²) in [7, 11) is 0. The maximum atomic E-state index is 11.8. The van der Waals surface area contributed by atoms with Gasteiger partial charge in [-0.1, -0.05) is 6.08 Å². The topological polar surface area (TPSA) is 30.2 Å². The Balaban J connectivity index is 1.98. The standard InChI is InChI=1S/C12H14O2/c13-12(8-10-6-7-14-9-10)11-4-2-1-3-5-11/h4,6-7,9H,1-3,5,8H2. The number of furan rings is 1. The van der Waals surface area contributed by atoms with Crippen LogP contribution in [0, 0.1) is 0 Å². The molecule has 0 fully saturated rings. The SMILES string of the molecule is O=C(Cc1ccoc1)C1=CCCCC1. The van der Waals surface area contributed by atoms with Crippen LogP contribution in [-0.4, -0.2) is 5.78 Å². The predicted molar refractivity (Wildman–Crippen MR) is 54.0 cm³/mol. The van der Waals surface area contributed by atoms with E-state index in [-0.39, 0.29) is 5.78 Å². The van der Waals surface area contributed by atoms with Crippen molar-refractivity contribution in [3.05, 3.63) is 35.8 Å². The maximum Gasteiger partial charge on any atom is 0.163 e. The summed E-state index contributed by atoms with van der Waals surface area (Å²) in [6.07, 6.45) is 10.2. The van der Waals surface area contributed by atoms with Crippen LogP contribution in [0.2, 0.25) is 0 Å². The number of hydrogen-bond donors (Lipinski definition) is 0. The van der Waals surface area contributed by atoms with Crippen LogP contribution in [0.15, 0.2) is 34.7 Å². The number of hydrogen-bond acceptors (Lipinski definition) is 2. The van der Waals surface area contributed by atoms with E-state index in [4.69, 9.17) is 4.42 Å². The molecule has 0 aromatic carbocycles. The van der Waals surface area contributed by atoms with Crippen LogP contribution in [0.25, 0.3) is 0 Å². The summed E-state index contributed by atoms with van der Waals surface area (Å²) < 4.78 is 4.93. The zero-order valence-electron chi connectivity index (χ0n) is 8.16. The first-order chi connectivity index (χ1) is 6.86. The molecule has 0 amide bonds. The Hall–Kier alpha value is -1.31. The van der Waals surface area contributed by atoms with E-state index in [2.05, 4.69) is 6.08 Å². The molecule has 0 bridgehead atoms. The summed E-state index contributed by atoms with van der Waals surface area (Å²) in [5, 5.41) is 0. The molecule has 2 rings (SSSR count). The van der Waals surface area contributed by atoms with Gasteiger partial charge in [0.05, 0.1) is 12.5 Å². The van der Waals surface area contributed by atoms with E-state index in [1.165, 1.54) is 6.42 Å². The molecule has 1 aromatic rings. The minimum Gasteiger partial charge on any atom is -0.472 e. The van der Waals surface area contributed by atoms with E-state index < -0.39 is 0 Å². The van der Waals surface area contributed by atoms with Crippen molar-refractivity contribution in [3.63, 3.8) is 0 Å². The Labute approximate surface area is 83.6 Å². The highest BCUT2D eigenvalue weighted by molar-refractivity contribution is 5.96. The van der Waals surface area contributed by atoms with Gasteiger partial charge in [0, 0.05) is 6.42 Å². The summed E-state index contributed by atoms with van der Waals surface area (Å²) >= 11 is 0. The molecule has 1 aromatic heterocycles. The quantitative estimate of drug-likeness (QED) is 0.733. The fraction of sp³-hybridized carbons (Fsp3) is 0.417. The van der Waals surface area contributed by atoms with Crippen LogP contribution >= 0.6 is 0 Å². The third-order valence-electron chi connectivity index (χ3n) is 2.59. The van der Waals surface area contributed by atoms with Crippen LogP contribution in [0.1, 0.15) is 31.2 Å². The van der Waals surface area contributed by atoms with Crippen molar-refractivity contribution in [3.8, 4) is 0 Å². The van der Waals surface area contributed by atoms with Gasteiger partial charge >= 0.3 is 0 Å². The molecule has 0 N–H and O–H groups in total. The highest BCUT2D eigenvalue weighted by atomic mass is 16.3. The second kappa shape index (κ2) is 4.27. The number of allylic oxidation sites excluding steroid dienone is 2. The van der Waals surface area contributed by atoms with Crippen molar-refractivity contribution in [2.75, 3.05) is 0 Å². The van der Waals surface area contributed by atoms with Crippen LogP contribution in [-0.2, 0) is 11.2 Å². The smallest absolute Gasteiger partial charge is 0.163 e. The van der Waals surface area contributed by atoms with Gasteiger partial charge in [-0.2, -0.15) is 0 Å². The zero-order valence-corrected chi connectivity index (χ0v) is 8.16. The lowest BCUT2D eigenvalue weighted by molar-refractivity contribution is -0.115. The molecule has 2 nitrogen and oxygen atoms in total. The monoisotopic (exact) mass is 190 g/mol. The Kier molecular flexibility index (Phi) is 2.82. The first kappa shape index (κ1) is 9.25. The van der Waals surface area contributed by atoms with E-state index in [1.807, 2.05) is 6.07 Å². The minimum absolute atomic E-state index is 0.256. The molecule has 1 heterocycles. The second-order valence-corrected chi connectivity index (χ2v) is 3.71. The fourth-order valence-corrected chi connectivity index (χ4v) is 1.78. The summed E-state index contributed by atoms with van der Waals surface area (Å²) in [5.74, 6) is 0.256. The highest BCUT2D eigenvalue weighted by Gasteiger charge is 2.12. The molecule has 0 spiro atoms. The van der Waals surface area contributed by atoms with Crippen molar-refractivity contribution in [2.45, 2.75) is 32.1 Å². The Bertz CT molecular complexity index is 333. The van der Waals surface area contributed by atoms with E-state index in [0.29, 0.717) is 6.42 Å². The number of carbonyl (C=O) groups is 1. The summed E-state index contributed by atoms with van der Waals surface area (Å²) in [6, 6.07) is 1.85. The van der Waals surface area contributed by atoms with Gasteiger partial charge < -0.3 is 4.42 Å². The number of ketones is 1. The molecular formula is C12H14O2. The van der Waals surface area contributed by atoms with Crippen molar-refractivity contribution < 1.29 is 9.21 Å². The molecule has 0 unspecified atom stereocenters. The van der Waals surface area contributed by atoms with Crippen LogP contribution in [0.4, 0.5) is 0 Å². The lowest BCUT2D eigenvalue weighted by atomic mass is 9.94. The third-order valence-corrected chi connectivity index (χ3v) is 2.59. The molecule has 0 aliphatic heterocycles. The normalized spacial score (nSPS) is 16.4. The average Bonchev–Trinajstić information content (AvgIpc) is 2.72. The lowest BCUT2D eigenvalue weighted by Gasteiger charge is -2.10. The minimum atomic E-state index is 0.256. The Morgan fingerprint density at radius 3 is 3.00 bits per heavy atom. The van der Waals surface area contributed by atoms with Crippen LogP contribution in [0.3, 0.4) is 0 Å². The molecule has 0 saturated carbocycles. The Morgan fingerprint density at radius 1 is 1.43 bits per heavy atom. The van der Waals surface area contributed by atoms with Crippen molar-refractivity contribution in [1.82, 2.24) is 0 Å². The maximum absolute atomic E-state index is 11.8. The molecule has 0 saturated heterocycles. The molecule has 14 heavy (non-hydrogen) atoms. The van der Waals surface area contributed by atoms with Gasteiger partial charge in [0.25, 0.3) is 0 Å². The van der Waals surface area contributed by atoms with Crippen molar-refractivity contribution in [1.29, 1.82) is 0 Å². The van der Waals surface area contributed by atoms with Crippen molar-refractivity contribution in [2.24, 2.45) is 0 Å². The first-order valence-corrected chi connectivity index (χ1v) is 5.09. The third kappa shape index (κ3) is 2.13. The summed E-state index contributed by atoms with van der Waals surface area (Å²) in [5.41, 5.74) is 1.99. The van der Waals surface area contributed by atoms with E-state index in [0.717, 1.165) is 30.4 Å². The predicted octanol–water partition coefficient (Wildman–Crippen LogP) is 2.89. The highest BCUT2D eigenvalue weighted by Crippen LogP contribution is 2.19. The lowest BCUT2D eigenvalue weighted by Crippen LogP contribution is -2.08. The van der Waals surface area contributed by atoms with Crippen LogP contribution < -0.4 is 0 Å². The second-order valence-electron chi connectivity index (χ2n) is 3.71. The molecule has 1 aliphatic carbocycles. The number of rotatable bonds is 3. The molecule has 0 radical (unpaired) electrons. The van der Waals surface area contributed by atoms with Gasteiger partial charge in [0.1, 0.15) is 0 Å². The van der Waals surface area contributed by atoms with E-state index in [1.54, 1.807) is 12.5 Å². The van der Waals surface area contributed by atoms with E-state index in [9.17, 15) is 4.79 Å². The van der Waals surface area contributed by atoms with E-state index >= 15 is 0 Å². The molecular weight excluding hydrogens is 176 g/mol. The molecule has 74 valence electrons. The zero-order chi connectivity index (χ0) is 9.80. The number of Topliss-reactive ketones (excluding diaryl/α,β-unsaturated/α-hetero) is 1. The Morgan fingerprint density at radius 2 is 2.36 bits per heavy atom. The first-order valence-electron chi connectivity index (χ1n) is 5.09. The van der Waals surface area contributed by atoms with Gasteiger partial charge in [-0.05, 0) is 42.9 Å². The molecule has 2 heteroatoms. The van der Waals surface area contributed by atoms with Gasteiger partial charge in [0.15, 0.2) is 5.78 Å². The molecule has 1 aliphatic rings. The largest absolute Gasteiger partial charge is 0.472 e. The average molecular weight is 190 g/mol. The fourth-order valence-electron chi connectivity index (χ4n) is 1.78. The van der Waals surface area contributed by atoms with Gasteiger partial charge in [-0.3, -0.25) is 4.79 Å². The van der Waals surface area contributed by atoms with Crippen molar-refractivity contribution >= 4 is 5.78 Å². The van der Waals surface area contributed by atoms with Gasteiger partial charge in [-0.15, -0.1) is 0 Å². The van der Waals surface area contributed by atoms with Gasteiger partial charge in [-0.25, -0.2) is 0 Å². The summed E-state index contributed by atoms with van der Waals surface area (Å²) in [6.45, 7) is 0. The van der Waals surface area contributed by atoms with Crippen LogP contribution in [0.5, 0.6) is 0 Å².